The first-order chi connectivity index (χ1) is 8.82. The lowest BCUT2D eigenvalue weighted by atomic mass is 9.79. The van der Waals surface area contributed by atoms with Crippen LogP contribution < -0.4 is 5.32 Å². The standard InChI is InChI=1S/C17H35NO/c1-7-9-10-11-12-15(18-8-2)14-13-16(3,4)19-17(14,5)6/h14-15,18H,7-13H2,1-6H3. The lowest BCUT2D eigenvalue weighted by molar-refractivity contribution is -0.0779. The van der Waals surface area contributed by atoms with E-state index in [9.17, 15) is 0 Å². The summed E-state index contributed by atoms with van der Waals surface area (Å²) in [6.45, 7) is 14.5. The largest absolute Gasteiger partial charge is 0.369 e. The van der Waals surface area contributed by atoms with Gasteiger partial charge < -0.3 is 10.1 Å². The van der Waals surface area contributed by atoms with Crippen LogP contribution in [0, 0.1) is 5.92 Å². The van der Waals surface area contributed by atoms with Crippen LogP contribution in [-0.2, 0) is 4.74 Å². The highest BCUT2D eigenvalue weighted by Crippen LogP contribution is 2.44. The SMILES string of the molecule is CCCCCCC(NCC)C1CC(C)(C)OC1(C)C. The summed E-state index contributed by atoms with van der Waals surface area (Å²) in [6, 6.07) is 0.610. The van der Waals surface area contributed by atoms with Crippen LogP contribution in [0.15, 0.2) is 0 Å². The van der Waals surface area contributed by atoms with Gasteiger partial charge >= 0.3 is 0 Å². The molecule has 0 aliphatic carbocycles. The Morgan fingerprint density at radius 2 is 1.79 bits per heavy atom. The first-order valence-electron chi connectivity index (χ1n) is 8.26. The molecule has 1 heterocycles. The fourth-order valence-corrected chi connectivity index (χ4v) is 3.73. The van der Waals surface area contributed by atoms with E-state index in [2.05, 4.69) is 46.9 Å². The van der Waals surface area contributed by atoms with Gasteiger partial charge in [-0.15, -0.1) is 0 Å². The molecular formula is C17H35NO. The van der Waals surface area contributed by atoms with Crippen molar-refractivity contribution in [1.29, 1.82) is 0 Å². The van der Waals surface area contributed by atoms with Crippen molar-refractivity contribution in [3.05, 3.63) is 0 Å². The maximum atomic E-state index is 6.26. The van der Waals surface area contributed by atoms with Crippen molar-refractivity contribution in [2.24, 2.45) is 5.92 Å². The molecule has 1 fully saturated rings. The fraction of sp³-hybridized carbons (Fsp3) is 1.00. The maximum Gasteiger partial charge on any atom is 0.0677 e. The van der Waals surface area contributed by atoms with Gasteiger partial charge in [-0.1, -0.05) is 39.5 Å². The molecule has 0 aromatic carbocycles. The normalized spacial score (nSPS) is 26.5. The molecule has 1 aliphatic rings. The Balaban J connectivity index is 2.59. The van der Waals surface area contributed by atoms with Gasteiger partial charge in [0, 0.05) is 12.0 Å². The van der Waals surface area contributed by atoms with Crippen LogP contribution in [0.3, 0.4) is 0 Å². The van der Waals surface area contributed by atoms with E-state index in [1.165, 1.54) is 38.5 Å². The van der Waals surface area contributed by atoms with Crippen molar-refractivity contribution < 1.29 is 4.74 Å². The van der Waals surface area contributed by atoms with Gasteiger partial charge in [0.05, 0.1) is 11.2 Å². The van der Waals surface area contributed by atoms with E-state index in [1.54, 1.807) is 0 Å². The van der Waals surface area contributed by atoms with Crippen molar-refractivity contribution in [1.82, 2.24) is 5.32 Å². The van der Waals surface area contributed by atoms with Gasteiger partial charge in [0.15, 0.2) is 0 Å². The summed E-state index contributed by atoms with van der Waals surface area (Å²) >= 11 is 0. The third-order valence-electron chi connectivity index (χ3n) is 4.46. The molecule has 0 radical (unpaired) electrons. The van der Waals surface area contributed by atoms with Gasteiger partial charge in [-0.2, -0.15) is 0 Å². The average molecular weight is 269 g/mol. The average Bonchev–Trinajstić information content (AvgIpc) is 2.51. The topological polar surface area (TPSA) is 21.3 Å². The van der Waals surface area contributed by atoms with E-state index in [1.807, 2.05) is 0 Å². The predicted octanol–water partition coefficient (Wildman–Crippen LogP) is 4.53. The van der Waals surface area contributed by atoms with Crippen LogP contribution in [0.1, 0.15) is 80.1 Å². The summed E-state index contributed by atoms with van der Waals surface area (Å²) in [5.41, 5.74) is 0.0341. The Morgan fingerprint density at radius 1 is 1.11 bits per heavy atom. The number of unbranched alkanes of at least 4 members (excludes halogenated alkanes) is 3. The van der Waals surface area contributed by atoms with Crippen molar-refractivity contribution in [2.75, 3.05) is 6.54 Å². The second-order valence-electron chi connectivity index (χ2n) is 7.29. The molecule has 114 valence electrons. The van der Waals surface area contributed by atoms with Gasteiger partial charge in [-0.05, 0) is 47.1 Å². The van der Waals surface area contributed by atoms with Crippen LogP contribution in [0.5, 0.6) is 0 Å². The van der Waals surface area contributed by atoms with Gasteiger partial charge in [-0.3, -0.25) is 0 Å². The van der Waals surface area contributed by atoms with Crippen molar-refractivity contribution in [2.45, 2.75) is 97.3 Å². The monoisotopic (exact) mass is 269 g/mol. The maximum absolute atomic E-state index is 6.26. The van der Waals surface area contributed by atoms with E-state index >= 15 is 0 Å². The lowest BCUT2D eigenvalue weighted by Crippen LogP contribution is -2.44. The molecular weight excluding hydrogens is 234 g/mol. The minimum absolute atomic E-state index is 0.00108. The quantitative estimate of drug-likeness (QED) is 0.654. The minimum Gasteiger partial charge on any atom is -0.369 e. The van der Waals surface area contributed by atoms with Gasteiger partial charge in [0.1, 0.15) is 0 Å². The van der Waals surface area contributed by atoms with E-state index in [4.69, 9.17) is 4.74 Å². The minimum atomic E-state index is 0.00108. The first-order valence-corrected chi connectivity index (χ1v) is 8.26. The first kappa shape index (κ1) is 17.0. The van der Waals surface area contributed by atoms with Crippen molar-refractivity contribution >= 4 is 0 Å². The second kappa shape index (κ2) is 7.08. The molecule has 1 N–H and O–H groups in total. The highest BCUT2D eigenvalue weighted by molar-refractivity contribution is 4.99. The van der Waals surface area contributed by atoms with Crippen molar-refractivity contribution in [3.63, 3.8) is 0 Å². The number of nitrogens with one attached hydrogen (secondary N) is 1. The van der Waals surface area contributed by atoms with Gasteiger partial charge in [-0.25, -0.2) is 0 Å². The Hall–Kier alpha value is -0.0800. The highest BCUT2D eigenvalue weighted by Gasteiger charge is 2.48. The third kappa shape index (κ3) is 5.07. The molecule has 0 aromatic rings. The molecule has 2 nitrogen and oxygen atoms in total. The zero-order valence-corrected chi connectivity index (χ0v) is 14.0. The molecule has 2 unspecified atom stereocenters. The van der Waals surface area contributed by atoms with Crippen LogP contribution in [0.2, 0.25) is 0 Å². The number of hydrogen-bond acceptors (Lipinski definition) is 2. The van der Waals surface area contributed by atoms with Crippen LogP contribution >= 0.6 is 0 Å². The molecule has 0 saturated carbocycles. The summed E-state index contributed by atoms with van der Waals surface area (Å²) in [5.74, 6) is 0.629. The Bertz CT molecular complexity index is 260. The second-order valence-corrected chi connectivity index (χ2v) is 7.29. The number of rotatable bonds is 8. The smallest absolute Gasteiger partial charge is 0.0677 e. The molecule has 0 amide bonds. The summed E-state index contributed by atoms with van der Waals surface area (Å²) in [5, 5.41) is 3.71. The van der Waals surface area contributed by atoms with Gasteiger partial charge in [0.2, 0.25) is 0 Å². The fourth-order valence-electron chi connectivity index (χ4n) is 3.73. The van der Waals surface area contributed by atoms with E-state index in [-0.39, 0.29) is 11.2 Å². The zero-order chi connectivity index (χ0) is 14.5. The molecule has 0 spiro atoms. The molecule has 0 bridgehead atoms. The van der Waals surface area contributed by atoms with Gasteiger partial charge in [0.25, 0.3) is 0 Å². The van der Waals surface area contributed by atoms with Crippen molar-refractivity contribution in [3.8, 4) is 0 Å². The highest BCUT2D eigenvalue weighted by atomic mass is 16.5. The Kier molecular flexibility index (Phi) is 6.32. The van der Waals surface area contributed by atoms with E-state index in [0.717, 1.165) is 6.54 Å². The molecule has 2 atom stereocenters. The van der Waals surface area contributed by atoms with Crippen LogP contribution in [-0.4, -0.2) is 23.8 Å². The Labute approximate surface area is 120 Å². The van der Waals surface area contributed by atoms with Crippen LogP contribution in [0.4, 0.5) is 0 Å². The Morgan fingerprint density at radius 3 is 2.26 bits per heavy atom. The summed E-state index contributed by atoms with van der Waals surface area (Å²) in [6.07, 6.45) is 7.87. The third-order valence-corrected chi connectivity index (χ3v) is 4.46. The molecule has 1 saturated heterocycles. The summed E-state index contributed by atoms with van der Waals surface area (Å²) in [4.78, 5) is 0. The molecule has 2 heteroatoms. The lowest BCUT2D eigenvalue weighted by Gasteiger charge is -2.33. The number of ether oxygens (including phenoxy) is 1. The molecule has 1 aliphatic heterocycles. The van der Waals surface area contributed by atoms with Crippen LogP contribution in [0.25, 0.3) is 0 Å². The predicted molar refractivity (Wildman–Crippen MR) is 83.6 cm³/mol. The zero-order valence-electron chi connectivity index (χ0n) is 14.0. The molecule has 19 heavy (non-hydrogen) atoms. The molecule has 1 rings (SSSR count). The summed E-state index contributed by atoms with van der Waals surface area (Å²) < 4.78 is 6.26. The van der Waals surface area contributed by atoms with E-state index < -0.39 is 0 Å². The number of hydrogen-bond donors (Lipinski definition) is 1. The molecule has 0 aromatic heterocycles. The summed E-state index contributed by atoms with van der Waals surface area (Å²) in [7, 11) is 0. The van der Waals surface area contributed by atoms with E-state index in [0.29, 0.717) is 12.0 Å².